The van der Waals surface area contributed by atoms with E-state index in [9.17, 15) is 4.79 Å². The van der Waals surface area contributed by atoms with Gasteiger partial charge in [-0.3, -0.25) is 4.79 Å². The topological polar surface area (TPSA) is 46.3 Å². The number of amides is 1. The van der Waals surface area contributed by atoms with Crippen LogP contribution in [-0.2, 0) is 4.79 Å². The zero-order chi connectivity index (χ0) is 15.2. The van der Waals surface area contributed by atoms with Crippen LogP contribution in [0.5, 0.6) is 0 Å². The molecule has 0 spiro atoms. The molecule has 0 aliphatic heterocycles. The third kappa shape index (κ3) is 4.98. The fourth-order valence-electron chi connectivity index (χ4n) is 4.24. The van der Waals surface area contributed by atoms with Crippen molar-refractivity contribution in [3.05, 3.63) is 0 Å². The molecule has 3 heteroatoms. The molecule has 2 aliphatic carbocycles. The van der Waals surface area contributed by atoms with Gasteiger partial charge in [0.1, 0.15) is 0 Å². The van der Waals surface area contributed by atoms with Gasteiger partial charge in [-0.15, -0.1) is 0 Å². The Hall–Kier alpha value is -0.570. The highest BCUT2D eigenvalue weighted by atomic mass is 16.2. The van der Waals surface area contributed by atoms with Crippen LogP contribution >= 0.6 is 0 Å². The zero-order valence-corrected chi connectivity index (χ0v) is 14.0. The van der Waals surface area contributed by atoms with Crippen LogP contribution in [0.4, 0.5) is 0 Å². The first kappa shape index (κ1) is 16.8. The molecule has 122 valence electrons. The maximum Gasteiger partial charge on any atom is 0.222 e. The summed E-state index contributed by atoms with van der Waals surface area (Å²) >= 11 is 0. The molecule has 0 aromatic rings. The molecule has 2 aliphatic rings. The van der Waals surface area contributed by atoms with Gasteiger partial charge in [0.25, 0.3) is 0 Å². The third-order valence-corrected chi connectivity index (χ3v) is 5.92. The largest absolute Gasteiger partial charge is 0.343 e. The van der Waals surface area contributed by atoms with E-state index in [1.807, 2.05) is 7.05 Å². The van der Waals surface area contributed by atoms with E-state index >= 15 is 0 Å². The molecule has 2 fully saturated rings. The van der Waals surface area contributed by atoms with Gasteiger partial charge in [0.2, 0.25) is 5.91 Å². The summed E-state index contributed by atoms with van der Waals surface area (Å²) in [6, 6.07) is 0.870. The maximum absolute atomic E-state index is 12.4. The number of hydrogen-bond donors (Lipinski definition) is 1. The Balaban J connectivity index is 1.70. The minimum Gasteiger partial charge on any atom is -0.343 e. The number of rotatable bonds is 5. The molecule has 1 amide bonds. The average molecular weight is 294 g/mol. The number of hydrogen-bond acceptors (Lipinski definition) is 2. The lowest BCUT2D eigenvalue weighted by Crippen LogP contribution is -2.39. The molecule has 0 radical (unpaired) electrons. The normalized spacial score (nSPS) is 33.7. The van der Waals surface area contributed by atoms with Crippen LogP contribution in [0.1, 0.15) is 77.6 Å². The van der Waals surface area contributed by atoms with Crippen molar-refractivity contribution in [3.63, 3.8) is 0 Å². The molecule has 2 rings (SSSR count). The van der Waals surface area contributed by atoms with Crippen LogP contribution in [0.25, 0.3) is 0 Å². The van der Waals surface area contributed by atoms with Crippen LogP contribution in [0.3, 0.4) is 0 Å². The van der Waals surface area contributed by atoms with Gasteiger partial charge in [-0.25, -0.2) is 0 Å². The zero-order valence-electron chi connectivity index (χ0n) is 14.0. The summed E-state index contributed by atoms with van der Waals surface area (Å²) in [6.45, 7) is 2.29. The van der Waals surface area contributed by atoms with Gasteiger partial charge in [0, 0.05) is 25.6 Å². The summed E-state index contributed by atoms with van der Waals surface area (Å²) < 4.78 is 0. The number of carbonyl (C=O) groups is 1. The van der Waals surface area contributed by atoms with Gasteiger partial charge < -0.3 is 10.6 Å². The molecule has 2 unspecified atom stereocenters. The van der Waals surface area contributed by atoms with Gasteiger partial charge in [-0.05, 0) is 56.8 Å². The molecule has 3 nitrogen and oxygen atoms in total. The number of carbonyl (C=O) groups excluding carboxylic acids is 1. The third-order valence-electron chi connectivity index (χ3n) is 5.92. The van der Waals surface area contributed by atoms with Crippen LogP contribution < -0.4 is 5.73 Å². The summed E-state index contributed by atoms with van der Waals surface area (Å²) in [5.41, 5.74) is 6.04. The highest BCUT2D eigenvalue weighted by Gasteiger charge is 2.26. The molecule has 2 N–H and O–H groups in total. The predicted octanol–water partition coefficient (Wildman–Crippen LogP) is 3.71. The molecule has 0 heterocycles. The lowest BCUT2D eigenvalue weighted by atomic mass is 9.82. The Bertz CT molecular complexity index is 323. The lowest BCUT2D eigenvalue weighted by molar-refractivity contribution is -0.133. The van der Waals surface area contributed by atoms with Gasteiger partial charge >= 0.3 is 0 Å². The Morgan fingerprint density at radius 1 is 1.10 bits per heavy atom. The SMILES string of the molecule is CCC1CCC(N(C)C(=O)CCC2CCCC(N)C2)CC1. The Labute approximate surface area is 130 Å². The minimum atomic E-state index is 0.356. The highest BCUT2D eigenvalue weighted by molar-refractivity contribution is 5.76. The first-order valence-electron chi connectivity index (χ1n) is 9.11. The summed E-state index contributed by atoms with van der Waals surface area (Å²) in [6.07, 6.45) is 12.9. The van der Waals surface area contributed by atoms with E-state index in [1.165, 1.54) is 51.4 Å². The molecule has 2 atom stereocenters. The van der Waals surface area contributed by atoms with E-state index in [-0.39, 0.29) is 0 Å². The molecule has 2 saturated carbocycles. The summed E-state index contributed by atoms with van der Waals surface area (Å²) in [7, 11) is 2.02. The number of nitrogens with zero attached hydrogens (tertiary/aromatic N) is 1. The smallest absolute Gasteiger partial charge is 0.222 e. The highest BCUT2D eigenvalue weighted by Crippen LogP contribution is 2.30. The van der Waals surface area contributed by atoms with Gasteiger partial charge in [0.15, 0.2) is 0 Å². The fourth-order valence-corrected chi connectivity index (χ4v) is 4.24. The Kier molecular flexibility index (Phi) is 6.53. The molecule has 0 aromatic carbocycles. The Morgan fingerprint density at radius 3 is 2.43 bits per heavy atom. The maximum atomic E-state index is 12.4. The lowest BCUT2D eigenvalue weighted by Gasteiger charge is -2.35. The predicted molar refractivity (Wildman–Crippen MR) is 88.0 cm³/mol. The van der Waals surface area contributed by atoms with E-state index in [2.05, 4.69) is 11.8 Å². The first-order chi connectivity index (χ1) is 10.1. The minimum absolute atomic E-state index is 0.356. The summed E-state index contributed by atoms with van der Waals surface area (Å²) in [4.78, 5) is 14.5. The second-order valence-electron chi connectivity index (χ2n) is 7.42. The van der Waals surface area contributed by atoms with Crippen LogP contribution in [0.2, 0.25) is 0 Å². The van der Waals surface area contributed by atoms with Gasteiger partial charge in [0.05, 0.1) is 0 Å². The molecule has 21 heavy (non-hydrogen) atoms. The second kappa shape index (κ2) is 8.17. The average Bonchev–Trinajstić information content (AvgIpc) is 2.52. The molecular weight excluding hydrogens is 260 g/mol. The quantitative estimate of drug-likeness (QED) is 0.840. The summed E-state index contributed by atoms with van der Waals surface area (Å²) in [5.74, 6) is 1.93. The monoisotopic (exact) mass is 294 g/mol. The summed E-state index contributed by atoms with van der Waals surface area (Å²) in [5, 5.41) is 0. The van der Waals surface area contributed by atoms with Gasteiger partial charge in [-0.2, -0.15) is 0 Å². The standard InChI is InChI=1S/C18H34N2O/c1-3-14-7-10-17(11-8-14)20(2)18(21)12-9-15-5-4-6-16(19)13-15/h14-17H,3-13,19H2,1-2H3. The van der Waals surface area contributed by atoms with Crippen molar-refractivity contribution >= 4 is 5.91 Å². The van der Waals surface area contributed by atoms with Crippen molar-refractivity contribution in [2.45, 2.75) is 89.6 Å². The van der Waals surface area contributed by atoms with E-state index in [4.69, 9.17) is 5.73 Å². The van der Waals surface area contributed by atoms with E-state index < -0.39 is 0 Å². The molecule has 0 saturated heterocycles. The molecule has 0 aromatic heterocycles. The van der Waals surface area contributed by atoms with Crippen LogP contribution in [0, 0.1) is 11.8 Å². The first-order valence-corrected chi connectivity index (χ1v) is 9.11. The second-order valence-corrected chi connectivity index (χ2v) is 7.42. The van der Waals surface area contributed by atoms with Crippen molar-refractivity contribution in [2.75, 3.05) is 7.05 Å². The van der Waals surface area contributed by atoms with E-state index in [1.54, 1.807) is 0 Å². The molecular formula is C18H34N2O. The van der Waals surface area contributed by atoms with Crippen molar-refractivity contribution in [1.29, 1.82) is 0 Å². The van der Waals surface area contributed by atoms with Crippen LogP contribution in [-0.4, -0.2) is 29.9 Å². The Morgan fingerprint density at radius 2 is 1.81 bits per heavy atom. The number of nitrogens with two attached hydrogens (primary N) is 1. The van der Waals surface area contributed by atoms with Crippen molar-refractivity contribution in [2.24, 2.45) is 17.6 Å². The van der Waals surface area contributed by atoms with Crippen molar-refractivity contribution in [3.8, 4) is 0 Å². The van der Waals surface area contributed by atoms with Crippen molar-refractivity contribution < 1.29 is 4.79 Å². The van der Waals surface area contributed by atoms with E-state index in [0.717, 1.165) is 25.2 Å². The van der Waals surface area contributed by atoms with Crippen molar-refractivity contribution in [1.82, 2.24) is 4.90 Å². The van der Waals surface area contributed by atoms with Gasteiger partial charge in [-0.1, -0.05) is 26.2 Å². The van der Waals surface area contributed by atoms with E-state index in [0.29, 0.717) is 23.9 Å². The van der Waals surface area contributed by atoms with Crippen LogP contribution in [0.15, 0.2) is 0 Å². The molecule has 0 bridgehead atoms. The fraction of sp³-hybridized carbons (Fsp3) is 0.944.